The Balaban J connectivity index is 1.30. The number of ether oxygens (including phenoxy) is 1. The standard InChI is InChI=1S/C32H33F2N7O2/c1-20-29(17-30(42)36-27-19-40(13-14-43-3)37-32(27)22-9-11-25(33)26(34)16-22)41(24-7-5-4-6-8-24)38-31(20)21-10-12-28-23(15-21)18-35-39(28)2/h4-12,15-16,18,27,32,37H,13-14,17,19H2,1-3H3,(H,36,42)/t27-,32+/m1/s1. The molecule has 1 aliphatic rings. The van der Waals surface area contributed by atoms with Gasteiger partial charge in [-0.1, -0.05) is 30.3 Å². The summed E-state index contributed by atoms with van der Waals surface area (Å²) in [4.78, 5) is 13.7. The van der Waals surface area contributed by atoms with Crippen molar-refractivity contribution < 1.29 is 18.3 Å². The summed E-state index contributed by atoms with van der Waals surface area (Å²) in [6.45, 7) is 3.48. The highest BCUT2D eigenvalue weighted by atomic mass is 19.2. The van der Waals surface area contributed by atoms with Gasteiger partial charge in [-0.15, -0.1) is 0 Å². The summed E-state index contributed by atoms with van der Waals surface area (Å²) in [7, 11) is 3.52. The molecule has 0 spiro atoms. The van der Waals surface area contributed by atoms with Crippen molar-refractivity contribution in [3.63, 3.8) is 0 Å². The van der Waals surface area contributed by atoms with Crippen LogP contribution in [-0.4, -0.2) is 63.3 Å². The summed E-state index contributed by atoms with van der Waals surface area (Å²) in [5.41, 5.74) is 9.10. The molecule has 0 saturated carbocycles. The third-order valence-electron chi connectivity index (χ3n) is 7.95. The zero-order chi connectivity index (χ0) is 30.1. The average Bonchev–Trinajstić information content (AvgIpc) is 3.69. The molecule has 9 nitrogen and oxygen atoms in total. The Labute approximate surface area is 248 Å². The normalized spacial score (nSPS) is 17.1. The van der Waals surface area contributed by atoms with Crippen LogP contribution in [0.4, 0.5) is 8.78 Å². The number of hydrazine groups is 1. The molecule has 0 bridgehead atoms. The van der Waals surface area contributed by atoms with Crippen LogP contribution in [0.25, 0.3) is 27.8 Å². The van der Waals surface area contributed by atoms with E-state index in [9.17, 15) is 13.6 Å². The first kappa shape index (κ1) is 28.7. The van der Waals surface area contributed by atoms with E-state index >= 15 is 0 Å². The molecule has 1 fully saturated rings. The van der Waals surface area contributed by atoms with Crippen LogP contribution in [0.15, 0.2) is 72.9 Å². The molecule has 11 heteroatoms. The van der Waals surface area contributed by atoms with E-state index in [1.54, 1.807) is 7.11 Å². The van der Waals surface area contributed by atoms with Crippen LogP contribution in [-0.2, 0) is 23.0 Å². The molecular formula is C32H33F2N7O2. The Hall–Kier alpha value is -4.45. The monoisotopic (exact) mass is 585 g/mol. The van der Waals surface area contributed by atoms with Gasteiger partial charge in [-0.05, 0) is 54.4 Å². The molecule has 3 aromatic carbocycles. The molecule has 0 unspecified atom stereocenters. The fraction of sp³-hybridized carbons (Fsp3) is 0.281. The number of nitrogens with one attached hydrogen (secondary N) is 2. The SMILES string of the molecule is COCCN1C[C@@H](NC(=O)Cc2c(C)c(-c3ccc4c(cnn4C)c3)nn2-c2ccccc2)[C@H](c2ccc(F)c(F)c2)N1. The van der Waals surface area contributed by atoms with Gasteiger partial charge < -0.3 is 10.1 Å². The second-order valence-electron chi connectivity index (χ2n) is 10.8. The minimum absolute atomic E-state index is 0.0714. The Morgan fingerprint density at radius 2 is 1.91 bits per heavy atom. The second-order valence-corrected chi connectivity index (χ2v) is 10.8. The third kappa shape index (κ3) is 5.79. The van der Waals surface area contributed by atoms with E-state index < -0.39 is 23.7 Å². The van der Waals surface area contributed by atoms with E-state index in [0.29, 0.717) is 25.3 Å². The second kappa shape index (κ2) is 12.0. The van der Waals surface area contributed by atoms with Gasteiger partial charge in [0.25, 0.3) is 0 Å². The van der Waals surface area contributed by atoms with Gasteiger partial charge in [0.1, 0.15) is 0 Å². The van der Waals surface area contributed by atoms with Crippen LogP contribution in [0.2, 0.25) is 0 Å². The number of methoxy groups -OCH3 is 1. The summed E-state index contributed by atoms with van der Waals surface area (Å²) in [6.07, 6.45) is 1.90. The summed E-state index contributed by atoms with van der Waals surface area (Å²) in [5.74, 6) is -2.05. The topological polar surface area (TPSA) is 89.2 Å². The van der Waals surface area contributed by atoms with Crippen LogP contribution in [0.1, 0.15) is 22.9 Å². The number of nitrogens with zero attached hydrogens (tertiary/aromatic N) is 5. The lowest BCUT2D eigenvalue weighted by Gasteiger charge is -2.21. The molecule has 6 rings (SSSR count). The maximum absolute atomic E-state index is 14.2. The molecule has 0 aliphatic carbocycles. The predicted molar refractivity (Wildman–Crippen MR) is 159 cm³/mol. The van der Waals surface area contributed by atoms with Gasteiger partial charge in [0.05, 0.1) is 53.9 Å². The first-order valence-electron chi connectivity index (χ1n) is 14.1. The number of carbonyl (C=O) groups is 1. The quantitative estimate of drug-likeness (QED) is 0.269. The van der Waals surface area contributed by atoms with E-state index in [0.717, 1.165) is 45.2 Å². The molecule has 43 heavy (non-hydrogen) atoms. The Morgan fingerprint density at radius 1 is 1.09 bits per heavy atom. The molecule has 5 aromatic rings. The van der Waals surface area contributed by atoms with Gasteiger partial charge in [-0.25, -0.2) is 23.9 Å². The fourth-order valence-corrected chi connectivity index (χ4v) is 5.70. The number of amides is 1. The Bertz CT molecular complexity index is 1770. The van der Waals surface area contributed by atoms with Crippen LogP contribution in [0.5, 0.6) is 0 Å². The number of carbonyl (C=O) groups excluding carboxylic acids is 1. The van der Waals surface area contributed by atoms with Crippen molar-refractivity contribution >= 4 is 16.8 Å². The van der Waals surface area contributed by atoms with Crippen molar-refractivity contribution in [2.24, 2.45) is 7.05 Å². The zero-order valence-corrected chi connectivity index (χ0v) is 24.2. The van der Waals surface area contributed by atoms with Crippen molar-refractivity contribution in [3.05, 3.63) is 101 Å². The molecule has 2 N–H and O–H groups in total. The summed E-state index contributed by atoms with van der Waals surface area (Å²) in [6, 6.07) is 18.8. The van der Waals surface area contributed by atoms with E-state index in [4.69, 9.17) is 9.84 Å². The van der Waals surface area contributed by atoms with Gasteiger partial charge >= 0.3 is 0 Å². The molecule has 3 heterocycles. The number of halogens is 2. The average molecular weight is 586 g/mol. The summed E-state index contributed by atoms with van der Waals surface area (Å²) >= 11 is 0. The number of rotatable bonds is 9. The van der Waals surface area contributed by atoms with E-state index in [-0.39, 0.29) is 12.3 Å². The predicted octanol–water partition coefficient (Wildman–Crippen LogP) is 4.25. The highest BCUT2D eigenvalue weighted by Crippen LogP contribution is 2.30. The van der Waals surface area contributed by atoms with Gasteiger partial charge in [-0.3, -0.25) is 9.48 Å². The van der Waals surface area contributed by atoms with E-state index in [1.165, 1.54) is 12.1 Å². The van der Waals surface area contributed by atoms with Gasteiger partial charge in [-0.2, -0.15) is 10.2 Å². The molecule has 222 valence electrons. The fourth-order valence-electron chi connectivity index (χ4n) is 5.70. The molecule has 2 atom stereocenters. The number of fused-ring (bicyclic) bond motifs is 1. The van der Waals surface area contributed by atoms with Crippen molar-refractivity contribution in [1.29, 1.82) is 0 Å². The number of hydrogen-bond acceptors (Lipinski definition) is 6. The van der Waals surface area contributed by atoms with Crippen molar-refractivity contribution in [1.82, 2.24) is 35.3 Å². The molecule has 1 saturated heterocycles. The molecule has 1 amide bonds. The summed E-state index contributed by atoms with van der Waals surface area (Å²) < 4.78 is 36.7. The van der Waals surface area contributed by atoms with E-state index in [2.05, 4.69) is 21.9 Å². The maximum atomic E-state index is 14.2. The summed E-state index contributed by atoms with van der Waals surface area (Å²) in [5, 5.41) is 15.4. The third-order valence-corrected chi connectivity index (χ3v) is 7.95. The zero-order valence-electron chi connectivity index (χ0n) is 24.2. The van der Waals surface area contributed by atoms with Crippen molar-refractivity contribution in [2.75, 3.05) is 26.8 Å². The molecule has 0 radical (unpaired) electrons. The number of aromatic nitrogens is 4. The van der Waals surface area contributed by atoms with Crippen LogP contribution in [0.3, 0.4) is 0 Å². The largest absolute Gasteiger partial charge is 0.383 e. The Kier molecular flexibility index (Phi) is 8.02. The molecular weight excluding hydrogens is 552 g/mol. The molecule has 1 aliphatic heterocycles. The van der Waals surface area contributed by atoms with Gasteiger partial charge in [0, 0.05) is 38.2 Å². The first-order chi connectivity index (χ1) is 20.8. The van der Waals surface area contributed by atoms with Crippen LogP contribution in [0, 0.1) is 18.6 Å². The maximum Gasteiger partial charge on any atom is 0.226 e. The van der Waals surface area contributed by atoms with Crippen molar-refractivity contribution in [2.45, 2.75) is 25.4 Å². The van der Waals surface area contributed by atoms with E-state index in [1.807, 2.05) is 77.0 Å². The highest BCUT2D eigenvalue weighted by molar-refractivity contribution is 5.85. The number of aryl methyl sites for hydroxylation is 1. The van der Waals surface area contributed by atoms with Crippen LogP contribution >= 0.6 is 0 Å². The van der Waals surface area contributed by atoms with Gasteiger partial charge in [0.15, 0.2) is 11.6 Å². The smallest absolute Gasteiger partial charge is 0.226 e. The lowest BCUT2D eigenvalue weighted by Crippen LogP contribution is -2.41. The van der Waals surface area contributed by atoms with Gasteiger partial charge in [0.2, 0.25) is 5.91 Å². The number of benzene rings is 3. The Morgan fingerprint density at radius 3 is 2.67 bits per heavy atom. The van der Waals surface area contributed by atoms with Crippen molar-refractivity contribution in [3.8, 4) is 16.9 Å². The van der Waals surface area contributed by atoms with Crippen LogP contribution < -0.4 is 10.7 Å². The lowest BCUT2D eigenvalue weighted by molar-refractivity contribution is -0.121. The minimum Gasteiger partial charge on any atom is -0.383 e. The lowest BCUT2D eigenvalue weighted by atomic mass is 10.0. The first-order valence-corrected chi connectivity index (χ1v) is 14.1. The minimum atomic E-state index is -0.931. The number of para-hydroxylation sites is 1. The molecule has 2 aromatic heterocycles. The highest BCUT2D eigenvalue weighted by Gasteiger charge is 2.35. The number of hydrogen-bond donors (Lipinski definition) is 2.